The van der Waals surface area contributed by atoms with Crippen LogP contribution in [0.3, 0.4) is 0 Å². The monoisotopic (exact) mass is 357 g/mol. The van der Waals surface area contributed by atoms with E-state index in [0.717, 1.165) is 63.1 Å². The smallest absolute Gasteiger partial charge is 0.270 e. The van der Waals surface area contributed by atoms with Crippen LogP contribution in [0.2, 0.25) is 0 Å². The molecule has 7 nitrogen and oxygen atoms in total. The Bertz CT molecular complexity index is 713. The van der Waals surface area contributed by atoms with Gasteiger partial charge in [0, 0.05) is 23.8 Å². The third-order valence-electron chi connectivity index (χ3n) is 6.62. The lowest BCUT2D eigenvalue weighted by molar-refractivity contribution is -0.0747. The number of nitrogens with one attached hydrogen (secondary N) is 1. The number of hydrogen-bond acceptors (Lipinski definition) is 6. The molecule has 0 aromatic carbocycles. The summed E-state index contributed by atoms with van der Waals surface area (Å²) in [6.45, 7) is 3.03. The van der Waals surface area contributed by atoms with Crippen molar-refractivity contribution in [2.75, 3.05) is 25.4 Å². The number of likely N-dealkylation sites (tertiary alicyclic amines) is 1. The average molecular weight is 357 g/mol. The molecule has 4 aliphatic rings. The summed E-state index contributed by atoms with van der Waals surface area (Å²) in [4.78, 5) is 24.3. The SMILES string of the molecule is Nc1nc2c(c(C(=O)N[C@H]3[C@H]4CCO[C@H]4[C@@H]3N3CCCC3)n1)CCCC2. The summed E-state index contributed by atoms with van der Waals surface area (Å²) < 4.78 is 5.97. The minimum absolute atomic E-state index is 0.0863. The van der Waals surface area contributed by atoms with Crippen molar-refractivity contribution in [3.05, 3.63) is 17.0 Å². The maximum Gasteiger partial charge on any atom is 0.270 e. The molecule has 2 saturated heterocycles. The Morgan fingerprint density at radius 1 is 1.15 bits per heavy atom. The van der Waals surface area contributed by atoms with E-state index in [1.165, 1.54) is 12.8 Å². The molecule has 26 heavy (non-hydrogen) atoms. The van der Waals surface area contributed by atoms with E-state index in [0.29, 0.717) is 17.7 Å². The fourth-order valence-corrected chi connectivity index (χ4v) is 5.36. The van der Waals surface area contributed by atoms with Crippen molar-refractivity contribution >= 4 is 11.9 Å². The lowest BCUT2D eigenvalue weighted by Crippen LogP contribution is -2.70. The van der Waals surface area contributed by atoms with Gasteiger partial charge in [-0.05, 0) is 58.0 Å². The molecule has 0 radical (unpaired) electrons. The van der Waals surface area contributed by atoms with Gasteiger partial charge in [0.25, 0.3) is 5.91 Å². The van der Waals surface area contributed by atoms with Crippen LogP contribution in [0.5, 0.6) is 0 Å². The lowest BCUT2D eigenvalue weighted by Gasteiger charge is -2.51. The van der Waals surface area contributed by atoms with Crippen molar-refractivity contribution in [1.82, 2.24) is 20.2 Å². The number of nitrogen functional groups attached to an aromatic ring is 1. The molecule has 1 aromatic heterocycles. The number of aromatic nitrogens is 2. The number of hydrogen-bond donors (Lipinski definition) is 2. The number of aryl methyl sites for hydroxylation is 1. The second kappa shape index (κ2) is 6.46. The molecule has 3 N–H and O–H groups in total. The van der Waals surface area contributed by atoms with Crippen molar-refractivity contribution < 1.29 is 9.53 Å². The normalized spacial score (nSPS) is 33.4. The van der Waals surface area contributed by atoms with Crippen LogP contribution in [0, 0.1) is 5.92 Å². The van der Waals surface area contributed by atoms with E-state index in [9.17, 15) is 4.79 Å². The van der Waals surface area contributed by atoms with Crippen LogP contribution in [0.25, 0.3) is 0 Å². The van der Waals surface area contributed by atoms with Crippen LogP contribution >= 0.6 is 0 Å². The molecule has 1 aromatic rings. The highest BCUT2D eigenvalue weighted by molar-refractivity contribution is 5.94. The van der Waals surface area contributed by atoms with Crippen LogP contribution in [0.1, 0.15) is 53.8 Å². The average Bonchev–Trinajstić information content (AvgIpc) is 3.30. The van der Waals surface area contributed by atoms with Gasteiger partial charge in [-0.3, -0.25) is 9.69 Å². The van der Waals surface area contributed by atoms with Gasteiger partial charge in [-0.25, -0.2) is 9.97 Å². The Hall–Kier alpha value is -1.73. The van der Waals surface area contributed by atoms with E-state index in [-0.39, 0.29) is 24.0 Å². The highest BCUT2D eigenvalue weighted by Gasteiger charge is 2.57. The molecule has 2 aliphatic heterocycles. The minimum atomic E-state index is -0.0863. The van der Waals surface area contributed by atoms with Gasteiger partial charge in [0.1, 0.15) is 5.69 Å². The predicted octanol–water partition coefficient (Wildman–Crippen LogP) is 0.919. The standard InChI is InChI=1S/C19H27N5O2/c20-19-21-13-6-2-1-5-11(13)15(23-19)18(25)22-14-12-7-10-26-17(12)16(14)24-8-3-4-9-24/h12,14,16-17H,1-10H2,(H,22,25)(H2,20,21,23)/t12-,14+,16-,17-/m1/s1. The first-order valence-corrected chi connectivity index (χ1v) is 10.0. The zero-order valence-corrected chi connectivity index (χ0v) is 15.1. The second-order valence-electron chi connectivity index (χ2n) is 8.08. The number of carbonyl (C=O) groups is 1. The predicted molar refractivity (Wildman–Crippen MR) is 96.8 cm³/mol. The summed E-state index contributed by atoms with van der Waals surface area (Å²) in [6, 6.07) is 0.465. The molecule has 140 valence electrons. The molecule has 1 saturated carbocycles. The zero-order valence-electron chi connectivity index (χ0n) is 15.1. The molecule has 1 amide bonds. The maximum atomic E-state index is 13.1. The molecule has 0 unspecified atom stereocenters. The van der Waals surface area contributed by atoms with Crippen molar-refractivity contribution in [1.29, 1.82) is 0 Å². The van der Waals surface area contributed by atoms with Crippen LogP contribution < -0.4 is 11.1 Å². The number of nitrogens with zero attached hydrogens (tertiary/aromatic N) is 3. The summed E-state index contributed by atoms with van der Waals surface area (Å²) >= 11 is 0. The van der Waals surface area contributed by atoms with Crippen LogP contribution in [0.15, 0.2) is 0 Å². The van der Waals surface area contributed by atoms with Crippen molar-refractivity contribution in [2.45, 2.75) is 63.1 Å². The molecule has 0 bridgehead atoms. The molecule has 3 fully saturated rings. The third-order valence-corrected chi connectivity index (χ3v) is 6.62. The fourth-order valence-electron chi connectivity index (χ4n) is 5.36. The second-order valence-corrected chi connectivity index (χ2v) is 8.08. The molecule has 3 heterocycles. The summed E-state index contributed by atoms with van der Waals surface area (Å²) in [5.74, 6) is 0.555. The van der Waals surface area contributed by atoms with E-state index in [1.807, 2.05) is 0 Å². The van der Waals surface area contributed by atoms with Crippen LogP contribution in [-0.4, -0.2) is 58.7 Å². The van der Waals surface area contributed by atoms with E-state index in [4.69, 9.17) is 10.5 Å². The number of carbonyl (C=O) groups excluding carboxylic acids is 1. The zero-order chi connectivity index (χ0) is 17.7. The third kappa shape index (κ3) is 2.60. The van der Waals surface area contributed by atoms with E-state index >= 15 is 0 Å². The number of ether oxygens (including phenoxy) is 1. The highest BCUT2D eigenvalue weighted by atomic mass is 16.5. The molecular weight excluding hydrogens is 330 g/mol. The Morgan fingerprint density at radius 2 is 1.96 bits per heavy atom. The first-order chi connectivity index (χ1) is 12.7. The van der Waals surface area contributed by atoms with Gasteiger partial charge in [0.2, 0.25) is 5.95 Å². The van der Waals surface area contributed by atoms with Crippen LogP contribution in [-0.2, 0) is 17.6 Å². The van der Waals surface area contributed by atoms with Crippen molar-refractivity contribution in [2.24, 2.45) is 5.92 Å². The van der Waals surface area contributed by atoms with Gasteiger partial charge < -0.3 is 15.8 Å². The van der Waals surface area contributed by atoms with Crippen LogP contribution in [0.4, 0.5) is 5.95 Å². The first-order valence-electron chi connectivity index (χ1n) is 10.0. The topological polar surface area (TPSA) is 93.4 Å². The van der Waals surface area contributed by atoms with Crippen molar-refractivity contribution in [3.63, 3.8) is 0 Å². The van der Waals surface area contributed by atoms with Gasteiger partial charge in [-0.1, -0.05) is 0 Å². The van der Waals surface area contributed by atoms with Gasteiger partial charge in [-0.2, -0.15) is 0 Å². The Morgan fingerprint density at radius 3 is 2.81 bits per heavy atom. The molecular formula is C19H27N5O2. The number of anilines is 1. The number of rotatable bonds is 3. The maximum absolute atomic E-state index is 13.1. The molecule has 4 atom stereocenters. The first kappa shape index (κ1) is 16.4. The molecule has 2 aliphatic carbocycles. The molecule has 0 spiro atoms. The van der Waals surface area contributed by atoms with Gasteiger partial charge >= 0.3 is 0 Å². The highest BCUT2D eigenvalue weighted by Crippen LogP contribution is 2.43. The van der Waals surface area contributed by atoms with E-state index < -0.39 is 0 Å². The minimum Gasteiger partial charge on any atom is -0.376 e. The summed E-state index contributed by atoms with van der Waals surface area (Å²) in [7, 11) is 0. The molecule has 5 rings (SSSR count). The Labute approximate surface area is 153 Å². The van der Waals surface area contributed by atoms with E-state index in [1.54, 1.807) is 0 Å². The Kier molecular flexibility index (Phi) is 4.09. The number of fused-ring (bicyclic) bond motifs is 2. The Balaban J connectivity index is 1.39. The lowest BCUT2D eigenvalue weighted by atomic mass is 9.70. The fraction of sp³-hybridized carbons (Fsp3) is 0.737. The van der Waals surface area contributed by atoms with Gasteiger partial charge in [0.15, 0.2) is 0 Å². The van der Waals surface area contributed by atoms with Gasteiger partial charge in [-0.15, -0.1) is 0 Å². The van der Waals surface area contributed by atoms with Gasteiger partial charge in [0.05, 0.1) is 18.2 Å². The number of nitrogens with two attached hydrogens (primary N) is 1. The molecule has 7 heteroatoms. The summed E-state index contributed by atoms with van der Waals surface area (Å²) in [6.07, 6.45) is 7.74. The quantitative estimate of drug-likeness (QED) is 0.836. The van der Waals surface area contributed by atoms with E-state index in [2.05, 4.69) is 20.2 Å². The summed E-state index contributed by atoms with van der Waals surface area (Å²) in [5, 5.41) is 3.30. The van der Waals surface area contributed by atoms with Crippen molar-refractivity contribution in [3.8, 4) is 0 Å². The largest absolute Gasteiger partial charge is 0.376 e. The summed E-state index contributed by atoms with van der Waals surface area (Å²) in [5.41, 5.74) is 8.33. The number of amides is 1.